The molecule has 1 fully saturated rings. The smallest absolute Gasteiger partial charge is 0.0596 e. The van der Waals surface area contributed by atoms with Crippen LogP contribution in [0.5, 0.6) is 0 Å². The fourth-order valence-electron chi connectivity index (χ4n) is 3.48. The number of benzene rings is 2. The third kappa shape index (κ3) is 2.65. The van der Waals surface area contributed by atoms with Crippen molar-refractivity contribution in [1.29, 1.82) is 0 Å². The fraction of sp³-hybridized carbons (Fsp3) is 0.444. The summed E-state index contributed by atoms with van der Waals surface area (Å²) in [7, 11) is 0. The minimum Gasteiger partial charge on any atom is -0.118 e. The molecule has 0 amide bonds. The van der Waals surface area contributed by atoms with E-state index in [1.54, 1.807) is 0 Å². The average Bonchev–Trinajstić information content (AvgIpc) is 2.91. The highest BCUT2D eigenvalue weighted by molar-refractivity contribution is 6.22. The van der Waals surface area contributed by atoms with Crippen LogP contribution in [-0.2, 0) is 0 Å². The maximum absolute atomic E-state index is 6.77. The molecule has 0 spiro atoms. The minimum absolute atomic E-state index is 0.161. The summed E-state index contributed by atoms with van der Waals surface area (Å²) in [6.45, 7) is 2.19. The maximum atomic E-state index is 6.77. The molecule has 0 radical (unpaired) electrons. The van der Waals surface area contributed by atoms with Gasteiger partial charge in [0.1, 0.15) is 0 Å². The molecule has 100 valence electrons. The molecule has 1 heteroatoms. The predicted octanol–water partition coefficient (Wildman–Crippen LogP) is 6.01. The van der Waals surface area contributed by atoms with Crippen molar-refractivity contribution < 1.29 is 0 Å². The van der Waals surface area contributed by atoms with E-state index in [1.807, 2.05) is 0 Å². The van der Waals surface area contributed by atoms with Gasteiger partial charge < -0.3 is 0 Å². The Morgan fingerprint density at radius 1 is 1.11 bits per heavy atom. The molecule has 19 heavy (non-hydrogen) atoms. The summed E-state index contributed by atoms with van der Waals surface area (Å²) in [6.07, 6.45) is 6.65. The normalized spacial score (nSPS) is 18.0. The molecule has 1 aliphatic carbocycles. The summed E-state index contributed by atoms with van der Waals surface area (Å²) in [4.78, 5) is 0. The summed E-state index contributed by atoms with van der Waals surface area (Å²) >= 11 is 6.77. The van der Waals surface area contributed by atoms with Crippen LogP contribution in [0.25, 0.3) is 10.8 Å². The highest BCUT2D eigenvalue weighted by Gasteiger charge is 2.22. The lowest BCUT2D eigenvalue weighted by Crippen LogP contribution is -2.02. The Bertz CT molecular complexity index is 567. The Hall–Kier alpha value is -1.01. The van der Waals surface area contributed by atoms with Gasteiger partial charge in [-0.15, -0.1) is 11.6 Å². The zero-order valence-corrected chi connectivity index (χ0v) is 12.3. The van der Waals surface area contributed by atoms with Gasteiger partial charge in [-0.2, -0.15) is 0 Å². The van der Waals surface area contributed by atoms with Crippen molar-refractivity contribution in [2.75, 3.05) is 0 Å². The van der Waals surface area contributed by atoms with Gasteiger partial charge >= 0.3 is 0 Å². The molecular weight excluding hydrogens is 252 g/mol. The van der Waals surface area contributed by atoms with Gasteiger partial charge in [0.2, 0.25) is 0 Å². The van der Waals surface area contributed by atoms with E-state index in [1.165, 1.54) is 47.6 Å². The lowest BCUT2D eigenvalue weighted by atomic mass is 9.91. The Morgan fingerprint density at radius 2 is 1.84 bits per heavy atom. The van der Waals surface area contributed by atoms with Crippen molar-refractivity contribution in [3.63, 3.8) is 0 Å². The van der Waals surface area contributed by atoms with E-state index < -0.39 is 0 Å². The molecule has 0 heterocycles. The van der Waals surface area contributed by atoms with Crippen LogP contribution in [0, 0.1) is 12.8 Å². The largest absolute Gasteiger partial charge is 0.118 e. The molecule has 1 saturated carbocycles. The Morgan fingerprint density at radius 3 is 2.63 bits per heavy atom. The van der Waals surface area contributed by atoms with E-state index in [2.05, 4.69) is 43.3 Å². The zero-order chi connectivity index (χ0) is 13.2. The van der Waals surface area contributed by atoms with Gasteiger partial charge in [-0.3, -0.25) is 0 Å². The molecule has 0 bridgehead atoms. The SMILES string of the molecule is Cc1ccc2ccccc2c1C(Cl)CC1CCCC1. The van der Waals surface area contributed by atoms with Crippen LogP contribution < -0.4 is 0 Å². The lowest BCUT2D eigenvalue weighted by Gasteiger charge is -2.19. The second-order valence-electron chi connectivity index (χ2n) is 5.87. The second kappa shape index (κ2) is 5.54. The molecule has 0 aromatic heterocycles. The van der Waals surface area contributed by atoms with Gasteiger partial charge in [0.05, 0.1) is 5.38 Å². The quantitative estimate of drug-likeness (QED) is 0.600. The van der Waals surface area contributed by atoms with Gasteiger partial charge in [-0.25, -0.2) is 0 Å². The van der Waals surface area contributed by atoms with Crippen LogP contribution in [-0.4, -0.2) is 0 Å². The number of alkyl halides is 1. The molecular formula is C18H21Cl. The van der Waals surface area contributed by atoms with Crippen molar-refractivity contribution in [2.45, 2.75) is 44.4 Å². The monoisotopic (exact) mass is 272 g/mol. The molecule has 0 aliphatic heterocycles. The zero-order valence-electron chi connectivity index (χ0n) is 11.5. The standard InChI is InChI=1S/C18H21Cl/c1-13-10-11-15-8-4-5-9-16(15)18(13)17(19)12-14-6-2-3-7-14/h4-5,8-11,14,17H,2-3,6-7,12H2,1H3. The van der Waals surface area contributed by atoms with Crippen LogP contribution in [0.3, 0.4) is 0 Å². The topological polar surface area (TPSA) is 0 Å². The van der Waals surface area contributed by atoms with Gasteiger partial charge in [0.15, 0.2) is 0 Å². The van der Waals surface area contributed by atoms with Crippen molar-refractivity contribution in [2.24, 2.45) is 5.92 Å². The number of hydrogen-bond acceptors (Lipinski definition) is 0. The van der Waals surface area contributed by atoms with Crippen molar-refractivity contribution in [3.8, 4) is 0 Å². The Labute approximate surface area is 120 Å². The van der Waals surface area contributed by atoms with Crippen molar-refractivity contribution >= 4 is 22.4 Å². The summed E-state index contributed by atoms with van der Waals surface area (Å²) in [6, 6.07) is 13.0. The first-order valence-electron chi connectivity index (χ1n) is 7.38. The highest BCUT2D eigenvalue weighted by Crippen LogP contribution is 2.39. The first-order chi connectivity index (χ1) is 9.25. The highest BCUT2D eigenvalue weighted by atomic mass is 35.5. The first kappa shape index (κ1) is 13.0. The fourth-order valence-corrected chi connectivity index (χ4v) is 4.02. The third-order valence-electron chi connectivity index (χ3n) is 4.52. The number of hydrogen-bond donors (Lipinski definition) is 0. The van der Waals surface area contributed by atoms with Crippen molar-refractivity contribution in [3.05, 3.63) is 47.5 Å². The molecule has 0 saturated heterocycles. The van der Waals surface area contributed by atoms with E-state index in [-0.39, 0.29) is 5.38 Å². The second-order valence-corrected chi connectivity index (χ2v) is 6.40. The molecule has 1 aliphatic rings. The summed E-state index contributed by atoms with van der Waals surface area (Å²) in [5.41, 5.74) is 2.68. The van der Waals surface area contributed by atoms with Crippen LogP contribution in [0.4, 0.5) is 0 Å². The van der Waals surface area contributed by atoms with Crippen LogP contribution in [0.2, 0.25) is 0 Å². The van der Waals surface area contributed by atoms with E-state index in [9.17, 15) is 0 Å². The van der Waals surface area contributed by atoms with E-state index in [0.717, 1.165) is 12.3 Å². The molecule has 1 atom stereocenters. The van der Waals surface area contributed by atoms with Gasteiger partial charge in [0.25, 0.3) is 0 Å². The molecule has 2 aromatic carbocycles. The molecule has 2 aromatic rings. The van der Waals surface area contributed by atoms with Gasteiger partial charge in [0, 0.05) is 0 Å². The summed E-state index contributed by atoms with van der Waals surface area (Å²) in [5.74, 6) is 0.834. The minimum atomic E-state index is 0.161. The molecule has 1 unspecified atom stereocenters. The Balaban J connectivity index is 1.95. The predicted molar refractivity (Wildman–Crippen MR) is 83.9 cm³/mol. The first-order valence-corrected chi connectivity index (χ1v) is 7.81. The maximum Gasteiger partial charge on any atom is 0.0596 e. The number of rotatable bonds is 3. The number of halogens is 1. The lowest BCUT2D eigenvalue weighted by molar-refractivity contribution is 0.496. The van der Waals surface area contributed by atoms with E-state index >= 15 is 0 Å². The third-order valence-corrected chi connectivity index (χ3v) is 4.91. The van der Waals surface area contributed by atoms with Crippen molar-refractivity contribution in [1.82, 2.24) is 0 Å². The van der Waals surface area contributed by atoms with Gasteiger partial charge in [-0.05, 0) is 41.2 Å². The van der Waals surface area contributed by atoms with Crippen LogP contribution in [0.15, 0.2) is 36.4 Å². The Kier molecular flexibility index (Phi) is 3.79. The number of aryl methyl sites for hydroxylation is 1. The summed E-state index contributed by atoms with van der Waals surface area (Å²) in [5, 5.41) is 2.80. The van der Waals surface area contributed by atoms with E-state index in [4.69, 9.17) is 11.6 Å². The molecule has 0 nitrogen and oxygen atoms in total. The average molecular weight is 273 g/mol. The number of fused-ring (bicyclic) bond motifs is 1. The molecule has 0 N–H and O–H groups in total. The van der Waals surface area contributed by atoms with Crippen LogP contribution >= 0.6 is 11.6 Å². The molecule has 3 rings (SSSR count). The van der Waals surface area contributed by atoms with Crippen LogP contribution in [0.1, 0.15) is 48.6 Å². The summed E-state index contributed by atoms with van der Waals surface area (Å²) < 4.78 is 0. The van der Waals surface area contributed by atoms with E-state index in [0.29, 0.717) is 0 Å². The van der Waals surface area contributed by atoms with Gasteiger partial charge in [-0.1, -0.05) is 62.1 Å².